The Balaban J connectivity index is 1.75. The van der Waals surface area contributed by atoms with Crippen molar-refractivity contribution in [1.82, 2.24) is 24.5 Å². The third kappa shape index (κ3) is 2.70. The molecule has 21 heavy (non-hydrogen) atoms. The number of nitrogens with zero attached hydrogens (tertiary/aromatic N) is 5. The van der Waals surface area contributed by atoms with Gasteiger partial charge in [0.1, 0.15) is 0 Å². The van der Waals surface area contributed by atoms with Gasteiger partial charge >= 0.3 is 0 Å². The van der Waals surface area contributed by atoms with E-state index in [9.17, 15) is 4.79 Å². The van der Waals surface area contributed by atoms with E-state index in [4.69, 9.17) is 0 Å². The second-order valence-corrected chi connectivity index (χ2v) is 5.84. The summed E-state index contributed by atoms with van der Waals surface area (Å²) in [4.78, 5) is 14.5. The predicted octanol–water partition coefficient (Wildman–Crippen LogP) is 1.71. The fourth-order valence-corrected chi connectivity index (χ4v) is 2.81. The number of rotatable bonds is 2. The fourth-order valence-electron chi connectivity index (χ4n) is 2.81. The van der Waals surface area contributed by atoms with Gasteiger partial charge in [-0.2, -0.15) is 10.2 Å². The summed E-state index contributed by atoms with van der Waals surface area (Å²) in [7, 11) is 1.86. The summed E-state index contributed by atoms with van der Waals surface area (Å²) < 4.78 is 3.73. The molecule has 3 heterocycles. The molecule has 6 heteroatoms. The summed E-state index contributed by atoms with van der Waals surface area (Å²) in [5.41, 5.74) is 2.68. The summed E-state index contributed by atoms with van der Waals surface area (Å²) in [6.07, 6.45) is 5.97. The smallest absolute Gasteiger partial charge is 0.274 e. The second kappa shape index (κ2) is 5.35. The third-order valence-corrected chi connectivity index (χ3v) is 4.12. The molecule has 0 saturated carbocycles. The molecule has 0 aromatic carbocycles. The number of hydrogen-bond acceptors (Lipinski definition) is 3. The molecule has 0 N–H and O–H groups in total. The van der Waals surface area contributed by atoms with E-state index < -0.39 is 0 Å². The molecule has 3 rings (SSSR count). The number of hydrogen-bond donors (Lipinski definition) is 0. The van der Waals surface area contributed by atoms with Crippen molar-refractivity contribution in [2.45, 2.75) is 32.7 Å². The van der Waals surface area contributed by atoms with Crippen molar-refractivity contribution in [2.75, 3.05) is 13.1 Å². The average molecular weight is 287 g/mol. The zero-order valence-corrected chi connectivity index (χ0v) is 12.8. The normalized spacial score (nSPS) is 19.0. The van der Waals surface area contributed by atoms with Gasteiger partial charge in [-0.15, -0.1) is 0 Å². The lowest BCUT2D eigenvalue weighted by Gasteiger charge is -2.32. The van der Waals surface area contributed by atoms with Gasteiger partial charge in [0, 0.05) is 32.0 Å². The van der Waals surface area contributed by atoms with Gasteiger partial charge in [0.05, 0.1) is 12.2 Å². The molecule has 1 fully saturated rings. The van der Waals surface area contributed by atoms with Crippen LogP contribution < -0.4 is 0 Å². The first-order valence-electron chi connectivity index (χ1n) is 7.35. The number of likely N-dealkylation sites (tertiary alicyclic amines) is 1. The maximum atomic E-state index is 12.6. The molecule has 1 aliphatic heterocycles. The minimum absolute atomic E-state index is 0.0206. The van der Waals surface area contributed by atoms with E-state index in [1.807, 2.05) is 48.9 Å². The number of amides is 1. The highest BCUT2D eigenvalue weighted by Crippen LogP contribution is 2.22. The van der Waals surface area contributed by atoms with E-state index in [0.717, 1.165) is 30.6 Å². The van der Waals surface area contributed by atoms with Crippen LogP contribution in [0.4, 0.5) is 0 Å². The minimum Gasteiger partial charge on any atom is -0.335 e. The van der Waals surface area contributed by atoms with Gasteiger partial charge < -0.3 is 4.90 Å². The number of piperidine rings is 1. The molecule has 0 aliphatic carbocycles. The lowest BCUT2D eigenvalue weighted by molar-refractivity contribution is 0.0666. The Hall–Kier alpha value is -2.11. The molecule has 1 saturated heterocycles. The Kier molecular flexibility index (Phi) is 3.53. The van der Waals surface area contributed by atoms with Crippen LogP contribution in [0.15, 0.2) is 18.5 Å². The molecular formula is C15H21N5O. The zero-order chi connectivity index (χ0) is 15.0. The molecular weight excluding hydrogens is 266 g/mol. The van der Waals surface area contributed by atoms with Crippen LogP contribution in [0.2, 0.25) is 0 Å². The Morgan fingerprint density at radius 3 is 2.81 bits per heavy atom. The van der Waals surface area contributed by atoms with Gasteiger partial charge in [-0.05, 0) is 38.3 Å². The van der Waals surface area contributed by atoms with Crippen LogP contribution in [-0.4, -0.2) is 43.5 Å². The molecule has 0 bridgehead atoms. The van der Waals surface area contributed by atoms with Gasteiger partial charge in [-0.3, -0.25) is 14.2 Å². The van der Waals surface area contributed by atoms with E-state index in [0.29, 0.717) is 12.2 Å². The molecule has 2 aromatic rings. The van der Waals surface area contributed by atoms with Gasteiger partial charge in [0.2, 0.25) is 0 Å². The number of aryl methyl sites for hydroxylation is 3. The van der Waals surface area contributed by atoms with E-state index in [1.165, 1.54) is 0 Å². The summed E-state index contributed by atoms with van der Waals surface area (Å²) in [6, 6.07) is 2.12. The standard InChI is InChI=1S/C15H21N5O/c1-11-8-16-20(9-11)13-5-4-6-19(10-13)15(21)14-7-12(2)18(3)17-14/h7-9,13H,4-6,10H2,1-3H3. The van der Waals surface area contributed by atoms with Crippen LogP contribution in [0.1, 0.15) is 40.6 Å². The summed E-state index contributed by atoms with van der Waals surface area (Å²) >= 11 is 0. The highest BCUT2D eigenvalue weighted by atomic mass is 16.2. The molecule has 1 aliphatic rings. The van der Waals surface area contributed by atoms with Crippen LogP contribution >= 0.6 is 0 Å². The van der Waals surface area contributed by atoms with Crippen molar-refractivity contribution in [3.63, 3.8) is 0 Å². The fraction of sp³-hybridized carbons (Fsp3) is 0.533. The van der Waals surface area contributed by atoms with Crippen LogP contribution in [0.3, 0.4) is 0 Å². The maximum absolute atomic E-state index is 12.6. The molecule has 6 nitrogen and oxygen atoms in total. The van der Waals surface area contributed by atoms with E-state index in [2.05, 4.69) is 10.2 Å². The lowest BCUT2D eigenvalue weighted by atomic mass is 10.1. The van der Waals surface area contributed by atoms with Crippen LogP contribution in [-0.2, 0) is 7.05 Å². The summed E-state index contributed by atoms with van der Waals surface area (Å²) in [6.45, 7) is 5.49. The average Bonchev–Trinajstić information content (AvgIpc) is 3.05. The SMILES string of the molecule is Cc1cnn(C2CCCN(C(=O)c3cc(C)n(C)n3)C2)c1. The minimum atomic E-state index is 0.0206. The highest BCUT2D eigenvalue weighted by Gasteiger charge is 2.27. The van der Waals surface area contributed by atoms with Gasteiger partial charge in [-0.1, -0.05) is 0 Å². The van der Waals surface area contributed by atoms with Gasteiger partial charge in [-0.25, -0.2) is 0 Å². The third-order valence-electron chi connectivity index (χ3n) is 4.12. The van der Waals surface area contributed by atoms with E-state index >= 15 is 0 Å². The zero-order valence-electron chi connectivity index (χ0n) is 12.8. The molecule has 1 amide bonds. The Morgan fingerprint density at radius 2 is 2.19 bits per heavy atom. The predicted molar refractivity (Wildman–Crippen MR) is 79.1 cm³/mol. The largest absolute Gasteiger partial charge is 0.335 e. The monoisotopic (exact) mass is 287 g/mol. The molecule has 2 aromatic heterocycles. The molecule has 1 unspecified atom stereocenters. The van der Waals surface area contributed by atoms with Crippen molar-refractivity contribution >= 4 is 5.91 Å². The van der Waals surface area contributed by atoms with Gasteiger partial charge in [0.15, 0.2) is 5.69 Å². The topological polar surface area (TPSA) is 56.0 Å². The quantitative estimate of drug-likeness (QED) is 0.845. The van der Waals surface area contributed by atoms with Crippen molar-refractivity contribution in [3.05, 3.63) is 35.4 Å². The first-order valence-corrected chi connectivity index (χ1v) is 7.35. The molecule has 0 spiro atoms. The first kappa shape index (κ1) is 13.9. The molecule has 0 radical (unpaired) electrons. The number of carbonyl (C=O) groups excluding carboxylic acids is 1. The van der Waals surface area contributed by atoms with Gasteiger partial charge in [0.25, 0.3) is 5.91 Å². The Labute approximate surface area is 124 Å². The van der Waals surface area contributed by atoms with Crippen LogP contribution in [0.25, 0.3) is 0 Å². The van der Waals surface area contributed by atoms with Crippen molar-refractivity contribution < 1.29 is 4.79 Å². The van der Waals surface area contributed by atoms with Crippen molar-refractivity contribution in [3.8, 4) is 0 Å². The Bertz CT molecular complexity index is 637. The van der Waals surface area contributed by atoms with E-state index in [1.54, 1.807) is 4.68 Å². The molecule has 1 atom stereocenters. The lowest BCUT2D eigenvalue weighted by Crippen LogP contribution is -2.41. The second-order valence-electron chi connectivity index (χ2n) is 5.84. The summed E-state index contributed by atoms with van der Waals surface area (Å²) in [5.74, 6) is 0.0206. The Morgan fingerprint density at radius 1 is 1.38 bits per heavy atom. The number of carbonyl (C=O) groups is 1. The van der Waals surface area contributed by atoms with E-state index in [-0.39, 0.29) is 11.9 Å². The molecule has 112 valence electrons. The summed E-state index contributed by atoms with van der Waals surface area (Å²) in [5, 5.41) is 8.67. The van der Waals surface area contributed by atoms with Crippen molar-refractivity contribution in [1.29, 1.82) is 0 Å². The first-order chi connectivity index (χ1) is 10.0. The van der Waals surface area contributed by atoms with Crippen LogP contribution in [0.5, 0.6) is 0 Å². The van der Waals surface area contributed by atoms with Crippen molar-refractivity contribution in [2.24, 2.45) is 7.05 Å². The number of aromatic nitrogens is 4. The highest BCUT2D eigenvalue weighted by molar-refractivity contribution is 5.92. The van der Waals surface area contributed by atoms with Crippen LogP contribution in [0, 0.1) is 13.8 Å². The maximum Gasteiger partial charge on any atom is 0.274 e.